The van der Waals surface area contributed by atoms with E-state index in [1.54, 1.807) is 18.2 Å². The lowest BCUT2D eigenvalue weighted by molar-refractivity contribution is 0.0368. The van der Waals surface area contributed by atoms with E-state index in [2.05, 4.69) is 21.2 Å². The Hall–Kier alpha value is -1.08. The Labute approximate surface area is 192 Å². The summed E-state index contributed by atoms with van der Waals surface area (Å²) in [5, 5.41) is 5.75. The van der Waals surface area contributed by atoms with Gasteiger partial charge in [0.15, 0.2) is 5.11 Å². The Morgan fingerprint density at radius 1 is 1.07 bits per heavy atom. The number of nitrogens with zero attached hydrogens (tertiary/aromatic N) is 2. The molecule has 2 aromatic rings. The van der Waals surface area contributed by atoms with E-state index in [0.29, 0.717) is 32.4 Å². The molecule has 0 atom stereocenters. The molecule has 0 saturated carbocycles. The van der Waals surface area contributed by atoms with Crippen LogP contribution in [0.1, 0.15) is 12.0 Å². The summed E-state index contributed by atoms with van der Waals surface area (Å²) in [5.74, 6) is 0. The van der Waals surface area contributed by atoms with E-state index >= 15 is 0 Å². The summed E-state index contributed by atoms with van der Waals surface area (Å²) in [6, 6.07) is 13.1. The summed E-state index contributed by atoms with van der Waals surface area (Å²) in [6.45, 7) is 6.06. The number of anilines is 1. The molecule has 0 bridgehead atoms. The Bertz CT molecular complexity index is 831. The van der Waals surface area contributed by atoms with Crippen molar-refractivity contribution in [3.63, 3.8) is 0 Å². The average Bonchev–Trinajstić information content (AvgIpc) is 2.71. The summed E-state index contributed by atoms with van der Waals surface area (Å²) < 4.78 is 5.42. The van der Waals surface area contributed by atoms with E-state index in [1.807, 2.05) is 18.2 Å². The van der Waals surface area contributed by atoms with Crippen LogP contribution in [0.3, 0.4) is 0 Å². The summed E-state index contributed by atoms with van der Waals surface area (Å²) in [5.41, 5.74) is 1.80. The second kappa shape index (κ2) is 11.3. The minimum absolute atomic E-state index is 0.577. The van der Waals surface area contributed by atoms with Gasteiger partial charge >= 0.3 is 0 Å². The van der Waals surface area contributed by atoms with Gasteiger partial charge in [0.05, 0.1) is 23.9 Å². The van der Waals surface area contributed by atoms with Crippen LogP contribution in [0.25, 0.3) is 0 Å². The fourth-order valence-corrected chi connectivity index (χ4v) is 4.02. The molecule has 0 radical (unpaired) electrons. The Kier molecular flexibility index (Phi) is 8.85. The van der Waals surface area contributed by atoms with Gasteiger partial charge in [-0.2, -0.15) is 0 Å². The Morgan fingerprint density at radius 2 is 1.83 bits per heavy atom. The number of nitrogens with one attached hydrogen (secondary N) is 1. The van der Waals surface area contributed by atoms with E-state index < -0.39 is 0 Å². The first-order chi connectivity index (χ1) is 14.0. The first-order valence-corrected chi connectivity index (χ1v) is 11.1. The molecule has 1 aliphatic heterocycles. The minimum Gasteiger partial charge on any atom is -0.379 e. The molecule has 8 heteroatoms. The third-order valence-corrected chi connectivity index (χ3v) is 5.89. The first-order valence-electron chi connectivity index (χ1n) is 9.57. The van der Waals surface area contributed by atoms with Crippen molar-refractivity contribution in [2.45, 2.75) is 13.0 Å². The summed E-state index contributed by atoms with van der Waals surface area (Å²) >= 11 is 24.3. The SMILES string of the molecule is S=C(Nc1cc(Cl)ccc1Cl)N(CCCN1CCOCC1)Cc1cccc(Cl)c1. The molecule has 1 aliphatic rings. The number of halogens is 3. The number of morpholine rings is 1. The van der Waals surface area contributed by atoms with Crippen LogP contribution in [0, 0.1) is 0 Å². The molecule has 0 aromatic heterocycles. The normalized spacial score (nSPS) is 14.6. The maximum absolute atomic E-state index is 6.30. The highest BCUT2D eigenvalue weighted by Crippen LogP contribution is 2.26. The van der Waals surface area contributed by atoms with Crippen molar-refractivity contribution in [3.8, 4) is 0 Å². The molecule has 1 N–H and O–H groups in total. The van der Waals surface area contributed by atoms with E-state index in [-0.39, 0.29) is 0 Å². The molecule has 0 amide bonds. The lowest BCUT2D eigenvalue weighted by Gasteiger charge is -2.30. The molecule has 29 heavy (non-hydrogen) atoms. The summed E-state index contributed by atoms with van der Waals surface area (Å²) in [7, 11) is 0. The van der Waals surface area contributed by atoms with Crippen molar-refractivity contribution >= 4 is 57.8 Å². The third kappa shape index (κ3) is 7.28. The lowest BCUT2D eigenvalue weighted by atomic mass is 10.2. The van der Waals surface area contributed by atoms with E-state index in [9.17, 15) is 0 Å². The highest BCUT2D eigenvalue weighted by Gasteiger charge is 2.15. The zero-order valence-electron chi connectivity index (χ0n) is 16.0. The maximum atomic E-state index is 6.30. The van der Waals surface area contributed by atoms with E-state index in [0.717, 1.165) is 51.4 Å². The van der Waals surface area contributed by atoms with Gasteiger partial charge in [-0.05, 0) is 54.5 Å². The number of rotatable bonds is 7. The van der Waals surface area contributed by atoms with Crippen LogP contribution in [0.2, 0.25) is 15.1 Å². The van der Waals surface area contributed by atoms with Crippen LogP contribution >= 0.6 is 47.0 Å². The fraction of sp³-hybridized carbons (Fsp3) is 0.381. The monoisotopic (exact) mass is 471 g/mol. The molecular formula is C21H24Cl3N3OS. The number of thiocarbonyl (C=S) groups is 1. The highest BCUT2D eigenvalue weighted by molar-refractivity contribution is 7.80. The van der Waals surface area contributed by atoms with Crippen molar-refractivity contribution < 1.29 is 4.74 Å². The standard InChI is InChI=1S/C21H24Cl3N3OS/c22-17-4-1-3-16(13-17)15-27(8-2-7-26-9-11-28-12-10-26)21(29)25-20-14-18(23)5-6-19(20)24/h1,3-6,13-14H,2,7-12,15H2,(H,25,29). The predicted molar refractivity (Wildman–Crippen MR) is 126 cm³/mol. The van der Waals surface area contributed by atoms with Crippen LogP contribution in [0.15, 0.2) is 42.5 Å². The highest BCUT2D eigenvalue weighted by atomic mass is 35.5. The van der Waals surface area contributed by atoms with E-state index in [1.165, 1.54) is 0 Å². The Morgan fingerprint density at radius 3 is 2.59 bits per heavy atom. The van der Waals surface area contributed by atoms with Gasteiger partial charge in [0, 0.05) is 42.8 Å². The number of hydrogen-bond acceptors (Lipinski definition) is 3. The van der Waals surface area contributed by atoms with Gasteiger partial charge in [0.25, 0.3) is 0 Å². The van der Waals surface area contributed by atoms with Gasteiger partial charge in [-0.25, -0.2) is 0 Å². The number of benzene rings is 2. The van der Waals surface area contributed by atoms with Gasteiger partial charge in [-0.1, -0.05) is 46.9 Å². The zero-order chi connectivity index (χ0) is 20.6. The average molecular weight is 473 g/mol. The zero-order valence-corrected chi connectivity index (χ0v) is 19.1. The fourth-order valence-electron chi connectivity index (χ4n) is 3.21. The van der Waals surface area contributed by atoms with Crippen LogP contribution in [0.4, 0.5) is 5.69 Å². The van der Waals surface area contributed by atoms with Crippen LogP contribution in [0.5, 0.6) is 0 Å². The molecular weight excluding hydrogens is 449 g/mol. The molecule has 0 aliphatic carbocycles. The van der Waals surface area contributed by atoms with Gasteiger partial charge in [-0.15, -0.1) is 0 Å². The van der Waals surface area contributed by atoms with Crippen LogP contribution < -0.4 is 5.32 Å². The second-order valence-corrected chi connectivity index (χ2v) is 8.58. The van der Waals surface area contributed by atoms with Gasteiger partial charge in [0.1, 0.15) is 0 Å². The maximum Gasteiger partial charge on any atom is 0.173 e. The third-order valence-electron chi connectivity index (χ3n) is 4.73. The topological polar surface area (TPSA) is 27.7 Å². The van der Waals surface area contributed by atoms with Crippen LogP contribution in [-0.2, 0) is 11.3 Å². The van der Waals surface area contributed by atoms with Crippen LogP contribution in [-0.4, -0.2) is 54.3 Å². The Balaban J connectivity index is 1.66. The molecule has 4 nitrogen and oxygen atoms in total. The quantitative estimate of drug-likeness (QED) is 0.532. The number of ether oxygens (including phenoxy) is 1. The van der Waals surface area contributed by atoms with E-state index in [4.69, 9.17) is 51.8 Å². The minimum atomic E-state index is 0.577. The number of hydrogen-bond donors (Lipinski definition) is 1. The van der Waals surface area contributed by atoms with Gasteiger partial charge in [0.2, 0.25) is 0 Å². The molecule has 1 heterocycles. The summed E-state index contributed by atoms with van der Waals surface area (Å²) in [4.78, 5) is 4.56. The van der Waals surface area contributed by atoms with Crippen molar-refractivity contribution in [3.05, 3.63) is 63.1 Å². The van der Waals surface area contributed by atoms with Crippen molar-refractivity contribution in [2.24, 2.45) is 0 Å². The lowest BCUT2D eigenvalue weighted by Crippen LogP contribution is -2.40. The summed E-state index contributed by atoms with van der Waals surface area (Å²) in [6.07, 6.45) is 0.992. The largest absolute Gasteiger partial charge is 0.379 e. The van der Waals surface area contributed by atoms with Crippen molar-refractivity contribution in [1.29, 1.82) is 0 Å². The molecule has 0 unspecified atom stereocenters. The van der Waals surface area contributed by atoms with Gasteiger partial charge in [-0.3, -0.25) is 4.90 Å². The van der Waals surface area contributed by atoms with Gasteiger partial charge < -0.3 is 15.0 Å². The molecule has 3 rings (SSSR count). The first kappa shape index (κ1) is 22.6. The molecule has 0 spiro atoms. The predicted octanol–water partition coefficient (Wildman–Crippen LogP) is 5.57. The van der Waals surface area contributed by atoms with Crippen molar-refractivity contribution in [2.75, 3.05) is 44.7 Å². The molecule has 1 saturated heterocycles. The van der Waals surface area contributed by atoms with Crippen molar-refractivity contribution in [1.82, 2.24) is 9.80 Å². The molecule has 1 fully saturated rings. The molecule has 156 valence electrons. The second-order valence-electron chi connectivity index (χ2n) is 6.91. The smallest absolute Gasteiger partial charge is 0.173 e. The molecule has 2 aromatic carbocycles.